The summed E-state index contributed by atoms with van der Waals surface area (Å²) in [6.07, 6.45) is 1.95. The number of aromatic nitrogens is 1. The van der Waals surface area contributed by atoms with Gasteiger partial charge in [0.25, 0.3) is 0 Å². The lowest BCUT2D eigenvalue weighted by Gasteiger charge is -2.11. The van der Waals surface area contributed by atoms with E-state index in [1.165, 1.54) is 4.70 Å². The van der Waals surface area contributed by atoms with Gasteiger partial charge in [0.1, 0.15) is 24.7 Å². The number of carbonyl (C=O) groups excluding carboxylic acids is 1. The van der Waals surface area contributed by atoms with Gasteiger partial charge in [0.2, 0.25) is 5.24 Å². The van der Waals surface area contributed by atoms with Gasteiger partial charge in [-0.2, -0.15) is 0 Å². The predicted octanol–water partition coefficient (Wildman–Crippen LogP) is 7.14. The van der Waals surface area contributed by atoms with Gasteiger partial charge in [0.05, 0.1) is 24.4 Å². The minimum Gasteiger partial charge on any atom is -0.490 e. The Hall–Kier alpha value is -3.37. The van der Waals surface area contributed by atoms with Gasteiger partial charge in [0.15, 0.2) is 0 Å². The maximum atomic E-state index is 11.4. The zero-order valence-corrected chi connectivity index (χ0v) is 22.6. The zero-order chi connectivity index (χ0) is 26.2. The molecule has 0 radical (unpaired) electrons. The number of methoxy groups -OCH3 is 1. The molecule has 0 aliphatic heterocycles. The molecule has 7 heteroatoms. The van der Waals surface area contributed by atoms with Gasteiger partial charge in [0, 0.05) is 34.6 Å². The molecule has 0 saturated carbocycles. The number of benzene rings is 2. The zero-order valence-electron chi connectivity index (χ0n) is 21.0. The fraction of sp³-hybridized carbons (Fsp3) is 0.267. The van der Waals surface area contributed by atoms with Crippen molar-refractivity contribution in [1.29, 1.82) is 0 Å². The molecular weight excluding hydrogens is 506 g/mol. The topological polar surface area (TPSA) is 57.7 Å². The highest BCUT2D eigenvalue weighted by atomic mass is 35.5. The van der Waals surface area contributed by atoms with E-state index in [9.17, 15) is 4.79 Å². The van der Waals surface area contributed by atoms with Crippen molar-refractivity contribution in [2.75, 3.05) is 20.3 Å². The molecule has 0 bridgehead atoms. The van der Waals surface area contributed by atoms with Crippen LogP contribution in [0.5, 0.6) is 11.5 Å². The first kappa shape index (κ1) is 26.7. The van der Waals surface area contributed by atoms with E-state index in [0.717, 1.165) is 44.8 Å². The molecule has 4 rings (SSSR count). The molecule has 0 aliphatic carbocycles. The maximum Gasteiger partial charge on any atom is 0.223 e. The van der Waals surface area contributed by atoms with Gasteiger partial charge in [-0.25, -0.2) is 0 Å². The van der Waals surface area contributed by atoms with E-state index in [1.807, 2.05) is 37.3 Å². The van der Waals surface area contributed by atoms with Crippen LogP contribution in [0, 0.1) is 18.8 Å². The quantitative estimate of drug-likeness (QED) is 0.116. The molecule has 5 nitrogen and oxygen atoms in total. The SMILES string of the molecule is CC#C[C@@H](CC(=O)Cl)c1ccc(OCc2ccc3scc(-c4ncc(OCCOC)cc4C)c3c2)cc1. The number of ether oxygens (including phenoxy) is 3. The Labute approximate surface area is 226 Å². The molecule has 0 spiro atoms. The minimum absolute atomic E-state index is 0.184. The first-order valence-electron chi connectivity index (χ1n) is 11.9. The van der Waals surface area contributed by atoms with Gasteiger partial charge >= 0.3 is 0 Å². The van der Waals surface area contributed by atoms with Gasteiger partial charge < -0.3 is 14.2 Å². The highest BCUT2D eigenvalue weighted by molar-refractivity contribution is 7.17. The van der Waals surface area contributed by atoms with Crippen LogP contribution in [0.15, 0.2) is 60.1 Å². The van der Waals surface area contributed by atoms with Crippen LogP contribution in [-0.4, -0.2) is 30.5 Å². The van der Waals surface area contributed by atoms with Crippen LogP contribution in [0.2, 0.25) is 0 Å². The first-order valence-corrected chi connectivity index (χ1v) is 13.2. The second kappa shape index (κ2) is 12.7. The van der Waals surface area contributed by atoms with E-state index in [1.54, 1.807) is 31.6 Å². The largest absolute Gasteiger partial charge is 0.490 e. The number of pyridine rings is 1. The summed E-state index contributed by atoms with van der Waals surface area (Å²) in [5.41, 5.74) is 5.11. The number of thiophene rings is 1. The number of hydrogen-bond donors (Lipinski definition) is 0. The lowest BCUT2D eigenvalue weighted by Crippen LogP contribution is -2.04. The second-order valence-corrected chi connectivity index (χ2v) is 9.85. The van der Waals surface area contributed by atoms with Gasteiger partial charge in [-0.05, 0) is 72.5 Å². The van der Waals surface area contributed by atoms with Crippen molar-refractivity contribution in [3.8, 4) is 34.6 Å². The van der Waals surface area contributed by atoms with Crippen molar-refractivity contribution in [2.24, 2.45) is 0 Å². The van der Waals surface area contributed by atoms with E-state index >= 15 is 0 Å². The summed E-state index contributed by atoms with van der Waals surface area (Å²) in [6.45, 7) is 5.26. The summed E-state index contributed by atoms with van der Waals surface area (Å²) in [4.78, 5) is 16.1. The predicted molar refractivity (Wildman–Crippen MR) is 150 cm³/mol. The molecule has 0 saturated heterocycles. The van der Waals surface area contributed by atoms with Crippen LogP contribution in [0.3, 0.4) is 0 Å². The van der Waals surface area contributed by atoms with E-state index in [4.69, 9.17) is 30.8 Å². The fourth-order valence-electron chi connectivity index (χ4n) is 4.05. The van der Waals surface area contributed by atoms with Gasteiger partial charge in [-0.15, -0.1) is 17.3 Å². The Morgan fingerprint density at radius 2 is 1.89 bits per heavy atom. The Balaban J connectivity index is 1.48. The van der Waals surface area contributed by atoms with E-state index in [0.29, 0.717) is 19.8 Å². The molecule has 0 amide bonds. The summed E-state index contributed by atoms with van der Waals surface area (Å²) in [5.74, 6) is 7.18. The second-order valence-electron chi connectivity index (χ2n) is 8.52. The molecule has 190 valence electrons. The molecule has 0 fully saturated rings. The van der Waals surface area contributed by atoms with E-state index in [-0.39, 0.29) is 12.3 Å². The van der Waals surface area contributed by atoms with Crippen LogP contribution in [-0.2, 0) is 16.1 Å². The number of rotatable bonds is 11. The first-order chi connectivity index (χ1) is 18.0. The smallest absolute Gasteiger partial charge is 0.223 e. The standard InChI is InChI=1S/C30H28ClNO4S/c1-4-5-23(16-29(31)33)22-7-9-24(10-8-22)36-18-21-6-11-28-26(15-21)27(19-37-28)30-20(2)14-25(17-32-30)35-13-12-34-3/h6-11,14-15,17,19,23H,12-13,16,18H2,1-3H3/t23-/m0/s1. The fourth-order valence-corrected chi connectivity index (χ4v) is 5.13. The van der Waals surface area contributed by atoms with Crippen molar-refractivity contribution >= 4 is 38.3 Å². The lowest BCUT2D eigenvalue weighted by molar-refractivity contribution is -0.111. The normalized spacial score (nSPS) is 11.6. The summed E-state index contributed by atoms with van der Waals surface area (Å²) in [5, 5.41) is 2.90. The average Bonchev–Trinajstić information content (AvgIpc) is 3.30. The summed E-state index contributed by atoms with van der Waals surface area (Å²) < 4.78 is 18.0. The maximum absolute atomic E-state index is 11.4. The van der Waals surface area contributed by atoms with Crippen molar-refractivity contribution < 1.29 is 19.0 Å². The van der Waals surface area contributed by atoms with Crippen LogP contribution in [0.4, 0.5) is 0 Å². The third-order valence-corrected chi connectivity index (χ3v) is 6.99. The van der Waals surface area contributed by atoms with E-state index in [2.05, 4.69) is 35.4 Å². The number of hydrogen-bond acceptors (Lipinski definition) is 6. The Kier molecular flexibility index (Phi) is 9.19. The Bertz CT molecular complexity index is 1440. The molecule has 0 unspecified atom stereocenters. The highest BCUT2D eigenvalue weighted by Crippen LogP contribution is 2.36. The molecule has 4 aromatic rings. The third-order valence-electron chi connectivity index (χ3n) is 5.87. The molecule has 37 heavy (non-hydrogen) atoms. The van der Waals surface area contributed by atoms with E-state index < -0.39 is 5.24 Å². The molecule has 0 aliphatic rings. The third kappa shape index (κ3) is 6.90. The minimum atomic E-state index is -0.395. The average molecular weight is 534 g/mol. The van der Waals surface area contributed by atoms with Crippen molar-refractivity contribution in [3.05, 3.63) is 76.8 Å². The summed E-state index contributed by atoms with van der Waals surface area (Å²) in [6, 6.07) is 16.1. The van der Waals surface area contributed by atoms with Gasteiger partial charge in [-0.3, -0.25) is 9.78 Å². The lowest BCUT2D eigenvalue weighted by atomic mass is 9.97. The molecule has 2 aromatic heterocycles. The Morgan fingerprint density at radius 1 is 1.08 bits per heavy atom. The number of fused-ring (bicyclic) bond motifs is 1. The molecule has 1 atom stereocenters. The number of carbonyl (C=O) groups is 1. The molecule has 2 heterocycles. The summed E-state index contributed by atoms with van der Waals surface area (Å²) in [7, 11) is 1.65. The molecule has 0 N–H and O–H groups in total. The van der Waals surface area contributed by atoms with Crippen molar-refractivity contribution in [2.45, 2.75) is 32.8 Å². The van der Waals surface area contributed by atoms with Crippen LogP contribution in [0.25, 0.3) is 21.3 Å². The number of aryl methyl sites for hydroxylation is 1. The Morgan fingerprint density at radius 3 is 2.59 bits per heavy atom. The number of halogens is 1. The van der Waals surface area contributed by atoms with Gasteiger partial charge in [-0.1, -0.05) is 24.1 Å². The summed E-state index contributed by atoms with van der Waals surface area (Å²) >= 11 is 7.29. The van der Waals surface area contributed by atoms with Crippen LogP contribution in [0.1, 0.15) is 36.0 Å². The number of nitrogens with zero attached hydrogens (tertiary/aromatic N) is 1. The van der Waals surface area contributed by atoms with Crippen molar-refractivity contribution in [1.82, 2.24) is 4.98 Å². The van der Waals surface area contributed by atoms with Crippen molar-refractivity contribution in [3.63, 3.8) is 0 Å². The van der Waals surface area contributed by atoms with Crippen LogP contribution < -0.4 is 9.47 Å². The molecule has 2 aromatic carbocycles. The highest BCUT2D eigenvalue weighted by Gasteiger charge is 2.14. The monoisotopic (exact) mass is 533 g/mol. The molecular formula is C30H28ClNO4S. The van der Waals surface area contributed by atoms with Crippen LogP contribution >= 0.6 is 22.9 Å².